The Kier molecular flexibility index (Phi) is 3.04. The van der Waals surface area contributed by atoms with Crippen molar-refractivity contribution < 1.29 is 14.7 Å². The molecule has 0 amide bonds. The predicted octanol–water partition coefficient (Wildman–Crippen LogP) is -0.0121. The summed E-state index contributed by atoms with van der Waals surface area (Å²) in [7, 11) is 0. The molecule has 0 radical (unpaired) electrons. The number of hydrogen-bond acceptors (Lipinski definition) is 6. The van der Waals surface area contributed by atoms with Gasteiger partial charge < -0.3 is 15.6 Å². The van der Waals surface area contributed by atoms with Crippen LogP contribution in [0, 0.1) is 21.7 Å². The third-order valence-corrected chi connectivity index (χ3v) is 2.94. The SMILES string of the molecule is N#Cc1cc(-c2nc(-c3cc[n+]([O-])cc3)n(O)n2)cc[n+]1[O-]. The molecule has 0 saturated heterocycles. The van der Waals surface area contributed by atoms with Crippen molar-refractivity contribution in [2.24, 2.45) is 0 Å². The zero-order valence-corrected chi connectivity index (χ0v) is 11.0. The van der Waals surface area contributed by atoms with Crippen LogP contribution in [-0.4, -0.2) is 20.1 Å². The normalized spacial score (nSPS) is 10.3. The van der Waals surface area contributed by atoms with E-state index < -0.39 is 0 Å². The second kappa shape index (κ2) is 5.02. The molecule has 0 fully saturated rings. The third kappa shape index (κ3) is 2.25. The maximum Gasteiger partial charge on any atom is 0.295 e. The molecule has 3 aromatic heterocycles. The lowest BCUT2D eigenvalue weighted by atomic mass is 10.2. The zero-order valence-electron chi connectivity index (χ0n) is 11.0. The summed E-state index contributed by atoms with van der Waals surface area (Å²) in [6, 6.07) is 7.46. The molecule has 0 spiro atoms. The number of rotatable bonds is 2. The van der Waals surface area contributed by atoms with E-state index in [1.807, 2.05) is 0 Å². The Morgan fingerprint density at radius 3 is 2.50 bits per heavy atom. The summed E-state index contributed by atoms with van der Waals surface area (Å²) in [4.78, 5) is 4.73. The van der Waals surface area contributed by atoms with E-state index in [1.165, 1.54) is 36.7 Å². The van der Waals surface area contributed by atoms with E-state index in [1.54, 1.807) is 6.07 Å². The minimum Gasteiger partial charge on any atom is -0.619 e. The summed E-state index contributed by atoms with van der Waals surface area (Å²) in [6.45, 7) is 0. The van der Waals surface area contributed by atoms with Gasteiger partial charge in [-0.25, -0.2) is 4.98 Å². The van der Waals surface area contributed by atoms with Crippen LogP contribution >= 0.6 is 0 Å². The van der Waals surface area contributed by atoms with Crippen LogP contribution in [-0.2, 0) is 0 Å². The molecule has 0 saturated carbocycles. The molecule has 22 heavy (non-hydrogen) atoms. The summed E-state index contributed by atoms with van der Waals surface area (Å²) in [5.74, 6) is 0.279. The van der Waals surface area contributed by atoms with Crippen molar-refractivity contribution in [2.75, 3.05) is 0 Å². The van der Waals surface area contributed by atoms with Crippen LogP contribution in [0.1, 0.15) is 5.69 Å². The van der Waals surface area contributed by atoms with Gasteiger partial charge in [-0.1, -0.05) is 4.85 Å². The van der Waals surface area contributed by atoms with Gasteiger partial charge in [-0.05, 0) is 0 Å². The van der Waals surface area contributed by atoms with Crippen LogP contribution in [0.4, 0.5) is 0 Å². The summed E-state index contributed by atoms with van der Waals surface area (Å²) >= 11 is 0. The van der Waals surface area contributed by atoms with Crippen LogP contribution in [0.25, 0.3) is 22.8 Å². The van der Waals surface area contributed by atoms with E-state index in [0.717, 1.165) is 6.20 Å². The molecule has 108 valence electrons. The predicted molar refractivity (Wildman–Crippen MR) is 70.7 cm³/mol. The number of hydrogen-bond donors (Lipinski definition) is 1. The van der Waals surface area contributed by atoms with Crippen LogP contribution in [0.5, 0.6) is 0 Å². The summed E-state index contributed by atoms with van der Waals surface area (Å²) in [6.07, 6.45) is 3.69. The fraction of sp³-hybridized carbons (Fsp3) is 0. The molecular formula is C13H8N6O3. The van der Waals surface area contributed by atoms with E-state index in [0.29, 0.717) is 25.4 Å². The van der Waals surface area contributed by atoms with Gasteiger partial charge >= 0.3 is 0 Å². The van der Waals surface area contributed by atoms with Crippen molar-refractivity contribution in [2.45, 2.75) is 0 Å². The lowest BCUT2D eigenvalue weighted by Gasteiger charge is -1.98. The largest absolute Gasteiger partial charge is 0.619 e. The van der Waals surface area contributed by atoms with Gasteiger partial charge in [-0.15, -0.1) is 5.10 Å². The Balaban J connectivity index is 2.06. The second-order valence-corrected chi connectivity index (χ2v) is 4.33. The van der Waals surface area contributed by atoms with E-state index in [9.17, 15) is 15.6 Å². The highest BCUT2D eigenvalue weighted by atomic mass is 16.5. The highest BCUT2D eigenvalue weighted by Gasteiger charge is 2.16. The fourth-order valence-corrected chi connectivity index (χ4v) is 1.88. The van der Waals surface area contributed by atoms with Crippen molar-refractivity contribution in [3.05, 3.63) is 59.0 Å². The Morgan fingerprint density at radius 2 is 1.82 bits per heavy atom. The molecule has 0 aliphatic heterocycles. The number of nitrogens with zero attached hydrogens (tertiary/aromatic N) is 6. The molecule has 0 aromatic carbocycles. The molecule has 9 heteroatoms. The minimum atomic E-state index is -0.111. The molecule has 0 atom stereocenters. The van der Waals surface area contributed by atoms with E-state index in [2.05, 4.69) is 10.1 Å². The average Bonchev–Trinajstić information content (AvgIpc) is 2.90. The van der Waals surface area contributed by atoms with Gasteiger partial charge in [0.1, 0.15) is 0 Å². The van der Waals surface area contributed by atoms with Gasteiger partial charge in [0.2, 0.25) is 0 Å². The van der Waals surface area contributed by atoms with Crippen LogP contribution in [0.2, 0.25) is 0 Å². The molecule has 1 N–H and O–H groups in total. The second-order valence-electron chi connectivity index (χ2n) is 4.33. The number of nitriles is 1. The van der Waals surface area contributed by atoms with E-state index >= 15 is 0 Å². The molecule has 0 aliphatic rings. The van der Waals surface area contributed by atoms with Crippen LogP contribution < -0.4 is 9.46 Å². The molecule has 0 unspecified atom stereocenters. The molecule has 0 bridgehead atoms. The molecular weight excluding hydrogens is 288 g/mol. The third-order valence-electron chi connectivity index (χ3n) is 2.94. The minimum absolute atomic E-state index is 0.111. The first-order chi connectivity index (χ1) is 10.6. The van der Waals surface area contributed by atoms with Crippen LogP contribution in [0.15, 0.2) is 42.9 Å². The number of pyridine rings is 2. The Hall–Kier alpha value is -3.67. The van der Waals surface area contributed by atoms with E-state index in [-0.39, 0.29) is 17.3 Å². The summed E-state index contributed by atoms with van der Waals surface area (Å²) < 4.78 is 1.02. The Morgan fingerprint density at radius 1 is 1.14 bits per heavy atom. The highest BCUT2D eigenvalue weighted by molar-refractivity contribution is 5.61. The van der Waals surface area contributed by atoms with Crippen molar-refractivity contribution in [1.29, 1.82) is 5.26 Å². The van der Waals surface area contributed by atoms with Gasteiger partial charge in [0.25, 0.3) is 5.69 Å². The lowest BCUT2D eigenvalue weighted by molar-refractivity contribution is -0.608. The van der Waals surface area contributed by atoms with Gasteiger partial charge in [0.05, 0.1) is 0 Å². The maximum atomic E-state index is 11.3. The molecule has 0 aliphatic carbocycles. The Labute approximate surface area is 123 Å². The first-order valence-electron chi connectivity index (χ1n) is 6.07. The van der Waals surface area contributed by atoms with E-state index in [4.69, 9.17) is 5.26 Å². The maximum absolute atomic E-state index is 11.3. The molecule has 3 rings (SSSR count). The average molecular weight is 296 g/mol. The van der Waals surface area contributed by atoms with Crippen molar-refractivity contribution in [1.82, 2.24) is 14.9 Å². The van der Waals surface area contributed by atoms with Gasteiger partial charge in [0.15, 0.2) is 36.3 Å². The highest BCUT2D eigenvalue weighted by Crippen LogP contribution is 2.20. The van der Waals surface area contributed by atoms with Gasteiger partial charge in [0, 0.05) is 35.4 Å². The number of aromatic nitrogens is 5. The van der Waals surface area contributed by atoms with Gasteiger partial charge in [-0.3, -0.25) is 0 Å². The van der Waals surface area contributed by atoms with Gasteiger partial charge in [-0.2, -0.15) is 14.7 Å². The van der Waals surface area contributed by atoms with Crippen LogP contribution in [0.3, 0.4) is 0 Å². The van der Waals surface area contributed by atoms with Crippen molar-refractivity contribution >= 4 is 0 Å². The topological polar surface area (TPSA) is 129 Å². The molecule has 9 nitrogen and oxygen atoms in total. The first kappa shape index (κ1) is 13.3. The zero-order chi connectivity index (χ0) is 15.7. The Bertz CT molecular complexity index is 882. The lowest BCUT2D eigenvalue weighted by Crippen LogP contribution is -2.29. The molecule has 3 heterocycles. The standard InChI is InChI=1S/C13H8N6O3/c14-8-11-7-10(3-6-18(11)21)12-15-13(19(22)16-12)9-1-4-17(20)5-2-9/h1-7,22H. The monoisotopic (exact) mass is 296 g/mol. The quantitative estimate of drug-likeness (QED) is 0.402. The fourth-order valence-electron chi connectivity index (χ4n) is 1.88. The first-order valence-corrected chi connectivity index (χ1v) is 6.07. The van der Waals surface area contributed by atoms with Crippen molar-refractivity contribution in [3.8, 4) is 28.8 Å². The summed E-state index contributed by atoms with van der Waals surface area (Å²) in [5, 5.41) is 44.9. The van der Waals surface area contributed by atoms with Crippen molar-refractivity contribution in [3.63, 3.8) is 0 Å². The smallest absolute Gasteiger partial charge is 0.295 e. The summed E-state index contributed by atoms with van der Waals surface area (Å²) in [5.41, 5.74) is 0.789. The molecule has 3 aromatic rings.